The highest BCUT2D eigenvalue weighted by Gasteiger charge is 2.38. The summed E-state index contributed by atoms with van der Waals surface area (Å²) < 4.78 is 0. The third-order valence-electron chi connectivity index (χ3n) is 4.19. The van der Waals surface area contributed by atoms with Gasteiger partial charge in [-0.3, -0.25) is 19.2 Å². The fraction of sp³-hybridized carbons (Fsp3) is 0.667. The summed E-state index contributed by atoms with van der Waals surface area (Å²) in [5.74, 6) is -4.49. The number of carbonyl (C=O) groups is 5. The van der Waals surface area contributed by atoms with E-state index in [1.54, 1.807) is 0 Å². The summed E-state index contributed by atoms with van der Waals surface area (Å²) in [6.45, 7) is -0.543. The molecule has 0 aromatic rings. The van der Waals surface area contributed by atoms with E-state index < -0.39 is 60.4 Å². The van der Waals surface area contributed by atoms with Crippen LogP contribution in [-0.2, 0) is 24.0 Å². The van der Waals surface area contributed by atoms with Gasteiger partial charge in [-0.1, -0.05) is 0 Å². The van der Waals surface area contributed by atoms with Crippen molar-refractivity contribution in [2.45, 2.75) is 43.4 Å². The normalized spacial score (nSPS) is 19.4. The first-order chi connectivity index (χ1) is 13.1. The number of nitrogens with two attached hydrogens (primary N) is 2. The molecule has 4 amide bonds. The number of aliphatic carboxylic acids is 1. The Morgan fingerprint density at radius 1 is 1.18 bits per heavy atom. The molecule has 4 unspecified atom stereocenters. The molecule has 28 heavy (non-hydrogen) atoms. The maximum atomic E-state index is 12.5. The lowest BCUT2D eigenvalue weighted by molar-refractivity contribution is -0.143. The number of hydrogen-bond acceptors (Lipinski definition) is 8. The van der Waals surface area contributed by atoms with Crippen molar-refractivity contribution in [3.05, 3.63) is 0 Å². The van der Waals surface area contributed by atoms with Gasteiger partial charge in [0.2, 0.25) is 23.6 Å². The molecule has 8 N–H and O–H groups in total. The highest BCUT2D eigenvalue weighted by atomic mass is 32.1. The van der Waals surface area contributed by atoms with Gasteiger partial charge in [-0.2, -0.15) is 12.6 Å². The van der Waals surface area contributed by atoms with Gasteiger partial charge in [0.15, 0.2) is 0 Å². The minimum absolute atomic E-state index is 0.185. The zero-order chi connectivity index (χ0) is 21.4. The molecule has 0 radical (unpaired) electrons. The van der Waals surface area contributed by atoms with Gasteiger partial charge in [0.25, 0.3) is 0 Å². The van der Waals surface area contributed by atoms with Crippen molar-refractivity contribution in [3.63, 3.8) is 0 Å². The lowest BCUT2D eigenvalue weighted by atomic mass is 10.1. The Hall–Kier alpha value is -2.38. The van der Waals surface area contributed by atoms with Crippen LogP contribution < -0.4 is 22.1 Å². The van der Waals surface area contributed by atoms with Crippen LogP contribution in [0.4, 0.5) is 0 Å². The number of carbonyl (C=O) groups excluding carboxylic acids is 4. The number of carboxylic acids is 1. The molecular weight excluding hydrogens is 394 g/mol. The van der Waals surface area contributed by atoms with E-state index >= 15 is 0 Å². The molecule has 1 heterocycles. The van der Waals surface area contributed by atoms with Gasteiger partial charge < -0.3 is 37.2 Å². The molecule has 12 nitrogen and oxygen atoms in total. The van der Waals surface area contributed by atoms with Gasteiger partial charge in [0.05, 0.1) is 19.1 Å². The Morgan fingerprint density at radius 3 is 2.32 bits per heavy atom. The quantitative estimate of drug-likeness (QED) is 0.174. The van der Waals surface area contributed by atoms with Crippen molar-refractivity contribution >= 4 is 42.2 Å². The lowest BCUT2D eigenvalue weighted by Crippen LogP contribution is -2.58. The number of rotatable bonds is 10. The van der Waals surface area contributed by atoms with E-state index in [4.69, 9.17) is 16.6 Å². The van der Waals surface area contributed by atoms with Crippen LogP contribution in [0.25, 0.3) is 0 Å². The maximum Gasteiger partial charge on any atom is 0.327 e. The van der Waals surface area contributed by atoms with Gasteiger partial charge in [0.1, 0.15) is 18.1 Å². The lowest BCUT2D eigenvalue weighted by Gasteiger charge is -2.28. The van der Waals surface area contributed by atoms with Crippen LogP contribution in [0.5, 0.6) is 0 Å². The average Bonchev–Trinajstić information content (AvgIpc) is 3.11. The average molecular weight is 419 g/mol. The zero-order valence-corrected chi connectivity index (χ0v) is 15.9. The number of amides is 4. The summed E-state index contributed by atoms with van der Waals surface area (Å²) >= 11 is 3.81. The largest absolute Gasteiger partial charge is 0.480 e. The smallest absolute Gasteiger partial charge is 0.327 e. The molecule has 0 aliphatic carbocycles. The van der Waals surface area contributed by atoms with Gasteiger partial charge in [0, 0.05) is 12.3 Å². The summed E-state index contributed by atoms with van der Waals surface area (Å²) in [5, 5.41) is 22.8. The van der Waals surface area contributed by atoms with E-state index in [0.29, 0.717) is 12.8 Å². The Bertz CT molecular complexity index is 632. The Morgan fingerprint density at radius 2 is 1.82 bits per heavy atom. The highest BCUT2D eigenvalue weighted by molar-refractivity contribution is 7.80. The molecular formula is C15H25N5O7S. The molecule has 1 aliphatic heterocycles. The van der Waals surface area contributed by atoms with E-state index in [9.17, 15) is 29.1 Å². The van der Waals surface area contributed by atoms with Crippen molar-refractivity contribution in [1.29, 1.82) is 0 Å². The van der Waals surface area contributed by atoms with E-state index in [2.05, 4.69) is 23.3 Å². The van der Waals surface area contributed by atoms with Crippen LogP contribution in [0.2, 0.25) is 0 Å². The molecule has 0 aromatic heterocycles. The first-order valence-electron chi connectivity index (χ1n) is 8.52. The number of hydrogen-bond donors (Lipinski definition) is 7. The first kappa shape index (κ1) is 23.7. The topological polar surface area (TPSA) is 205 Å². The number of aliphatic hydroxyl groups excluding tert-OH is 1. The van der Waals surface area contributed by atoms with Crippen molar-refractivity contribution in [3.8, 4) is 0 Å². The Labute approximate surface area is 166 Å². The van der Waals surface area contributed by atoms with Gasteiger partial charge in [-0.05, 0) is 12.8 Å². The third-order valence-corrected chi connectivity index (χ3v) is 4.55. The van der Waals surface area contributed by atoms with Crippen molar-refractivity contribution in [1.82, 2.24) is 15.5 Å². The summed E-state index contributed by atoms with van der Waals surface area (Å²) in [6, 6.07) is -4.83. The number of nitrogens with one attached hydrogen (secondary N) is 2. The fourth-order valence-corrected chi connectivity index (χ4v) is 2.99. The van der Waals surface area contributed by atoms with E-state index in [0.717, 1.165) is 0 Å². The summed E-state index contributed by atoms with van der Waals surface area (Å²) in [6.07, 6.45) is 0.435. The molecule has 0 bridgehead atoms. The van der Waals surface area contributed by atoms with Crippen LogP contribution in [0, 0.1) is 0 Å². The summed E-state index contributed by atoms with van der Waals surface area (Å²) in [7, 11) is 0. The monoisotopic (exact) mass is 419 g/mol. The van der Waals surface area contributed by atoms with Crippen LogP contribution in [-0.4, -0.2) is 87.8 Å². The predicted octanol–water partition coefficient (Wildman–Crippen LogP) is -3.84. The van der Waals surface area contributed by atoms with E-state index in [1.807, 2.05) is 0 Å². The van der Waals surface area contributed by atoms with Crippen molar-refractivity contribution in [2.24, 2.45) is 11.5 Å². The molecule has 4 atom stereocenters. The number of likely N-dealkylation sites (tertiary alicyclic amines) is 1. The van der Waals surface area contributed by atoms with Gasteiger partial charge in [-0.25, -0.2) is 4.79 Å². The maximum absolute atomic E-state index is 12.5. The summed E-state index contributed by atoms with van der Waals surface area (Å²) in [4.78, 5) is 60.1. The molecule has 1 fully saturated rings. The first-order valence-corrected chi connectivity index (χ1v) is 9.15. The van der Waals surface area contributed by atoms with Crippen molar-refractivity contribution in [2.75, 3.05) is 18.9 Å². The van der Waals surface area contributed by atoms with Crippen LogP contribution in [0.15, 0.2) is 0 Å². The van der Waals surface area contributed by atoms with Gasteiger partial charge in [-0.15, -0.1) is 0 Å². The molecule has 0 saturated carbocycles. The highest BCUT2D eigenvalue weighted by Crippen LogP contribution is 2.19. The number of nitrogens with zero attached hydrogens (tertiary/aromatic N) is 1. The molecule has 0 aromatic carbocycles. The standard InChI is InChI=1S/C15H25N5O7S/c16-7(4-11(17)22)14(25)20-3-1-2-10(20)13(24)18-8(5-21)12(23)19-9(6-28)15(26)27/h7-10,21,28H,1-6,16H2,(H2,17,22)(H,18,24)(H,19,23)(H,26,27). The molecule has 1 aliphatic rings. The van der Waals surface area contributed by atoms with Gasteiger partial charge >= 0.3 is 5.97 Å². The molecule has 158 valence electrons. The van der Waals surface area contributed by atoms with E-state index in [1.165, 1.54) is 4.90 Å². The fourth-order valence-electron chi connectivity index (χ4n) is 2.74. The zero-order valence-electron chi connectivity index (χ0n) is 15.0. The Balaban J connectivity index is 2.77. The second-order valence-electron chi connectivity index (χ2n) is 6.29. The summed E-state index contributed by atoms with van der Waals surface area (Å²) in [5.41, 5.74) is 10.7. The number of thiol groups is 1. The molecule has 0 spiro atoms. The molecule has 13 heteroatoms. The minimum Gasteiger partial charge on any atom is -0.480 e. The third kappa shape index (κ3) is 6.35. The number of carboxylic acid groups (broad SMARTS) is 1. The second kappa shape index (κ2) is 10.8. The van der Waals surface area contributed by atoms with E-state index in [-0.39, 0.29) is 18.7 Å². The van der Waals surface area contributed by atoms with Crippen LogP contribution >= 0.6 is 12.6 Å². The SMILES string of the molecule is NC(=O)CC(N)C(=O)N1CCCC1C(=O)NC(CO)C(=O)NC(CS)C(=O)O. The number of aliphatic hydroxyl groups is 1. The second-order valence-corrected chi connectivity index (χ2v) is 6.66. The van der Waals surface area contributed by atoms with Crippen LogP contribution in [0.1, 0.15) is 19.3 Å². The minimum atomic E-state index is -1.41. The molecule has 1 saturated heterocycles. The molecule has 1 rings (SSSR count). The predicted molar refractivity (Wildman–Crippen MR) is 99.0 cm³/mol. The van der Waals surface area contributed by atoms with Crippen molar-refractivity contribution < 1.29 is 34.2 Å². The Kier molecular flexibility index (Phi) is 9.15. The number of primary amides is 1. The van der Waals surface area contributed by atoms with Crippen LogP contribution in [0.3, 0.4) is 0 Å².